The molecule has 7 nitrogen and oxygen atoms in total. The maximum Gasteiger partial charge on any atom is 0.305 e. The number of ether oxygens (including phenoxy) is 2. The number of carboxylic acids is 1. The van der Waals surface area contributed by atoms with E-state index >= 15 is 0 Å². The van der Waals surface area contributed by atoms with E-state index in [9.17, 15) is 13.2 Å². The van der Waals surface area contributed by atoms with Crippen molar-refractivity contribution in [2.24, 2.45) is 0 Å². The van der Waals surface area contributed by atoms with Crippen LogP contribution in [-0.2, 0) is 19.6 Å². The molecule has 0 aliphatic rings. The standard InChI is InChI=1S/C15H23NO6S/c1-3-21-9-10-23(19,20)16-13(11-15(17)18)12-7-5-6-8-14(12)22-4-2/h5-8,13,16H,3-4,9-11H2,1-2H3,(H,17,18)/t13-/m0/s1. The minimum absolute atomic E-state index is 0.0543. The minimum Gasteiger partial charge on any atom is -0.494 e. The second-order valence-corrected chi connectivity index (χ2v) is 6.63. The fourth-order valence-electron chi connectivity index (χ4n) is 2.03. The molecule has 0 unspecified atom stereocenters. The zero-order valence-electron chi connectivity index (χ0n) is 13.3. The number of sulfonamides is 1. The average molecular weight is 345 g/mol. The predicted octanol–water partition coefficient (Wildman–Crippen LogP) is 1.56. The van der Waals surface area contributed by atoms with Crippen LogP contribution in [0.3, 0.4) is 0 Å². The van der Waals surface area contributed by atoms with Gasteiger partial charge in [0.2, 0.25) is 10.0 Å². The lowest BCUT2D eigenvalue weighted by Crippen LogP contribution is -2.33. The summed E-state index contributed by atoms with van der Waals surface area (Å²) >= 11 is 0. The molecule has 1 aromatic carbocycles. The molecule has 1 atom stereocenters. The topological polar surface area (TPSA) is 102 Å². The van der Waals surface area contributed by atoms with Crippen LogP contribution in [-0.4, -0.2) is 45.1 Å². The Morgan fingerprint density at radius 2 is 1.96 bits per heavy atom. The summed E-state index contributed by atoms with van der Waals surface area (Å²) < 4.78 is 37.2. The maximum atomic E-state index is 12.1. The summed E-state index contributed by atoms with van der Waals surface area (Å²) in [6.07, 6.45) is -0.377. The maximum absolute atomic E-state index is 12.1. The Hall–Kier alpha value is -1.64. The molecule has 0 aromatic heterocycles. The second kappa shape index (κ2) is 9.49. The fourth-order valence-corrected chi connectivity index (χ4v) is 3.13. The monoisotopic (exact) mass is 345 g/mol. The Morgan fingerprint density at radius 1 is 1.26 bits per heavy atom. The summed E-state index contributed by atoms with van der Waals surface area (Å²) in [5, 5.41) is 9.08. The molecule has 0 heterocycles. The summed E-state index contributed by atoms with van der Waals surface area (Å²) in [5.41, 5.74) is 0.497. The van der Waals surface area contributed by atoms with Gasteiger partial charge in [-0.15, -0.1) is 0 Å². The van der Waals surface area contributed by atoms with Crippen LogP contribution in [0, 0.1) is 0 Å². The molecule has 23 heavy (non-hydrogen) atoms. The molecule has 0 aliphatic carbocycles. The van der Waals surface area contributed by atoms with E-state index in [2.05, 4.69) is 4.72 Å². The van der Waals surface area contributed by atoms with Gasteiger partial charge in [0.1, 0.15) is 5.75 Å². The highest BCUT2D eigenvalue weighted by molar-refractivity contribution is 7.89. The second-order valence-electron chi connectivity index (χ2n) is 4.75. The molecule has 0 amide bonds. The van der Waals surface area contributed by atoms with Gasteiger partial charge in [0.25, 0.3) is 0 Å². The molecule has 1 rings (SSSR count). The zero-order valence-corrected chi connectivity index (χ0v) is 14.1. The van der Waals surface area contributed by atoms with Crippen LogP contribution >= 0.6 is 0 Å². The van der Waals surface area contributed by atoms with Crippen LogP contribution in [0.1, 0.15) is 31.9 Å². The molecule has 0 saturated carbocycles. The number of hydrogen-bond acceptors (Lipinski definition) is 5. The van der Waals surface area contributed by atoms with Crippen molar-refractivity contribution in [2.45, 2.75) is 26.3 Å². The van der Waals surface area contributed by atoms with Crippen LogP contribution in [0.25, 0.3) is 0 Å². The molecule has 0 fully saturated rings. The molecule has 1 aromatic rings. The third-order valence-corrected chi connectivity index (χ3v) is 4.34. The summed E-state index contributed by atoms with van der Waals surface area (Å²) in [6.45, 7) is 4.44. The Labute approximate surface area is 136 Å². The molecular weight excluding hydrogens is 322 g/mol. The number of rotatable bonds is 11. The number of carbonyl (C=O) groups is 1. The molecule has 2 N–H and O–H groups in total. The molecule has 8 heteroatoms. The van der Waals surface area contributed by atoms with Gasteiger partial charge >= 0.3 is 5.97 Å². The van der Waals surface area contributed by atoms with Crippen molar-refractivity contribution in [3.63, 3.8) is 0 Å². The van der Waals surface area contributed by atoms with Crippen molar-refractivity contribution >= 4 is 16.0 Å². The Bertz CT molecular complexity index is 602. The molecule has 0 spiro atoms. The van der Waals surface area contributed by atoms with Gasteiger partial charge in [0.15, 0.2) is 0 Å². The molecule has 130 valence electrons. The highest BCUT2D eigenvalue weighted by Gasteiger charge is 2.24. The van der Waals surface area contributed by atoms with Gasteiger partial charge in [-0.05, 0) is 19.9 Å². The van der Waals surface area contributed by atoms with Crippen molar-refractivity contribution < 1.29 is 27.8 Å². The summed E-state index contributed by atoms with van der Waals surface area (Å²) in [7, 11) is -3.67. The lowest BCUT2D eigenvalue weighted by Gasteiger charge is -2.20. The van der Waals surface area contributed by atoms with Crippen LogP contribution < -0.4 is 9.46 Å². The molecule has 0 bridgehead atoms. The van der Waals surface area contributed by atoms with Crippen LogP contribution in [0.2, 0.25) is 0 Å². The van der Waals surface area contributed by atoms with Gasteiger partial charge in [-0.2, -0.15) is 0 Å². The number of carboxylic acid groups (broad SMARTS) is 1. The van der Waals surface area contributed by atoms with E-state index in [1.807, 2.05) is 0 Å². The number of aliphatic carboxylic acids is 1. The van der Waals surface area contributed by atoms with Gasteiger partial charge in [-0.3, -0.25) is 4.79 Å². The van der Waals surface area contributed by atoms with E-state index in [1.54, 1.807) is 38.1 Å². The lowest BCUT2D eigenvalue weighted by molar-refractivity contribution is -0.137. The predicted molar refractivity (Wildman–Crippen MR) is 86.0 cm³/mol. The molecule has 0 aliphatic heterocycles. The van der Waals surface area contributed by atoms with Gasteiger partial charge < -0.3 is 14.6 Å². The molecule has 0 radical (unpaired) electrons. The van der Waals surface area contributed by atoms with E-state index in [0.29, 0.717) is 24.5 Å². The Kier molecular flexibility index (Phi) is 8.01. The Morgan fingerprint density at radius 3 is 2.57 bits per heavy atom. The van der Waals surface area contributed by atoms with Gasteiger partial charge in [0.05, 0.1) is 31.4 Å². The fraction of sp³-hybridized carbons (Fsp3) is 0.533. The van der Waals surface area contributed by atoms with E-state index in [1.165, 1.54) is 0 Å². The number of nitrogens with one attached hydrogen (secondary N) is 1. The van der Waals surface area contributed by atoms with Crippen LogP contribution in [0.15, 0.2) is 24.3 Å². The first-order chi connectivity index (χ1) is 10.9. The van der Waals surface area contributed by atoms with Gasteiger partial charge in [-0.25, -0.2) is 13.1 Å². The van der Waals surface area contributed by atoms with Crippen molar-refractivity contribution in [3.8, 4) is 5.75 Å². The lowest BCUT2D eigenvalue weighted by atomic mass is 10.0. The third-order valence-electron chi connectivity index (χ3n) is 3.00. The van der Waals surface area contributed by atoms with E-state index < -0.39 is 22.0 Å². The molecular formula is C15H23NO6S. The van der Waals surface area contributed by atoms with Crippen molar-refractivity contribution in [2.75, 3.05) is 25.6 Å². The SMILES string of the molecule is CCOCCS(=O)(=O)N[C@@H](CC(=O)O)c1ccccc1OCC. The van der Waals surface area contributed by atoms with E-state index in [4.69, 9.17) is 14.6 Å². The normalized spacial score (nSPS) is 12.8. The first kappa shape index (κ1) is 19.4. The van der Waals surface area contributed by atoms with Gasteiger partial charge in [0, 0.05) is 12.2 Å². The highest BCUT2D eigenvalue weighted by Crippen LogP contribution is 2.28. The summed E-state index contributed by atoms with van der Waals surface area (Å²) in [6, 6.07) is 5.89. The summed E-state index contributed by atoms with van der Waals surface area (Å²) in [4.78, 5) is 11.1. The van der Waals surface area contributed by atoms with Crippen molar-refractivity contribution in [3.05, 3.63) is 29.8 Å². The number of hydrogen-bond donors (Lipinski definition) is 2. The average Bonchev–Trinajstić information content (AvgIpc) is 2.47. The number of para-hydroxylation sites is 1. The first-order valence-corrected chi connectivity index (χ1v) is 9.06. The third kappa shape index (κ3) is 6.98. The minimum atomic E-state index is -3.67. The Balaban J connectivity index is 2.99. The van der Waals surface area contributed by atoms with Crippen molar-refractivity contribution in [1.29, 1.82) is 0 Å². The van der Waals surface area contributed by atoms with Crippen LogP contribution in [0.4, 0.5) is 0 Å². The highest BCUT2D eigenvalue weighted by atomic mass is 32.2. The van der Waals surface area contributed by atoms with Crippen LogP contribution in [0.5, 0.6) is 5.75 Å². The number of benzene rings is 1. The quantitative estimate of drug-likeness (QED) is 0.590. The van der Waals surface area contributed by atoms with Gasteiger partial charge in [-0.1, -0.05) is 18.2 Å². The first-order valence-electron chi connectivity index (χ1n) is 7.40. The van der Waals surface area contributed by atoms with E-state index in [-0.39, 0.29) is 18.8 Å². The molecule has 0 saturated heterocycles. The largest absolute Gasteiger partial charge is 0.494 e. The smallest absolute Gasteiger partial charge is 0.305 e. The van der Waals surface area contributed by atoms with E-state index in [0.717, 1.165) is 0 Å². The van der Waals surface area contributed by atoms with Crippen molar-refractivity contribution in [1.82, 2.24) is 4.72 Å². The zero-order chi connectivity index (χ0) is 17.3. The summed E-state index contributed by atoms with van der Waals surface area (Å²) in [5.74, 6) is -0.865.